The van der Waals surface area contributed by atoms with Gasteiger partial charge in [0.15, 0.2) is 5.78 Å². The van der Waals surface area contributed by atoms with Gasteiger partial charge in [-0.1, -0.05) is 18.2 Å². The van der Waals surface area contributed by atoms with E-state index in [0.29, 0.717) is 23.6 Å². The third-order valence-corrected chi connectivity index (χ3v) is 9.44. The molecule has 0 unspecified atom stereocenters. The summed E-state index contributed by atoms with van der Waals surface area (Å²) in [7, 11) is 0. The number of alkyl halides is 3. The van der Waals surface area contributed by atoms with Gasteiger partial charge in [0.2, 0.25) is 0 Å². The lowest BCUT2D eigenvalue weighted by Crippen LogP contribution is -2.25. The Hall–Kier alpha value is -3.40. The first-order valence-corrected chi connectivity index (χ1v) is 15.8. The Balaban J connectivity index is 1.25. The van der Waals surface area contributed by atoms with E-state index >= 15 is 0 Å². The average Bonchev–Trinajstić information content (AvgIpc) is 3.79. The van der Waals surface area contributed by atoms with Gasteiger partial charge < -0.3 is 9.47 Å². The summed E-state index contributed by atoms with van der Waals surface area (Å²) in [5.74, 6) is 0.0403. The average molecular weight is 609 g/mol. The van der Waals surface area contributed by atoms with Gasteiger partial charge in [0.05, 0.1) is 5.56 Å². The molecule has 1 aromatic heterocycles. The summed E-state index contributed by atoms with van der Waals surface area (Å²) in [4.78, 5) is 19.3. The zero-order chi connectivity index (χ0) is 29.8. The second-order valence-electron chi connectivity index (χ2n) is 11.2. The summed E-state index contributed by atoms with van der Waals surface area (Å²) in [5.41, 5.74) is 0.260. The molecule has 0 aliphatic carbocycles. The Labute approximate surface area is 253 Å². The van der Waals surface area contributed by atoms with Crippen LogP contribution < -0.4 is 9.47 Å². The van der Waals surface area contributed by atoms with Crippen molar-refractivity contribution in [3.05, 3.63) is 83.4 Å². The SMILES string of the molecule is O=C(c1ccc(OCCN2CCCC2)c(C(F)(F)F)c1)c1c(-c2ccc(OCCN3CCCC3)cc2)sc2ccccc12. The first-order valence-electron chi connectivity index (χ1n) is 14.9. The van der Waals surface area contributed by atoms with Gasteiger partial charge in [-0.05, 0) is 106 Å². The number of carbonyl (C=O) groups excluding carboxylic acids is 1. The van der Waals surface area contributed by atoms with Crippen molar-refractivity contribution >= 4 is 27.2 Å². The van der Waals surface area contributed by atoms with E-state index in [2.05, 4.69) is 9.80 Å². The number of ketones is 1. The van der Waals surface area contributed by atoms with Gasteiger partial charge >= 0.3 is 6.18 Å². The Bertz CT molecular complexity index is 1560. The number of hydrogen-bond acceptors (Lipinski definition) is 6. The lowest BCUT2D eigenvalue weighted by molar-refractivity contribution is -0.139. The quantitative estimate of drug-likeness (QED) is 0.163. The Morgan fingerprint density at radius 3 is 2.07 bits per heavy atom. The van der Waals surface area contributed by atoms with Crippen molar-refractivity contribution in [3.8, 4) is 21.9 Å². The van der Waals surface area contributed by atoms with Crippen LogP contribution in [0.25, 0.3) is 20.5 Å². The zero-order valence-corrected chi connectivity index (χ0v) is 24.8. The van der Waals surface area contributed by atoms with E-state index in [1.54, 1.807) is 0 Å². The maximum Gasteiger partial charge on any atom is 0.419 e. The van der Waals surface area contributed by atoms with Gasteiger partial charge in [-0.3, -0.25) is 14.6 Å². The number of halogens is 3. The molecule has 226 valence electrons. The van der Waals surface area contributed by atoms with Crippen LogP contribution in [-0.4, -0.2) is 68.1 Å². The molecule has 0 N–H and O–H groups in total. The van der Waals surface area contributed by atoms with E-state index in [4.69, 9.17) is 9.47 Å². The fourth-order valence-corrected chi connectivity index (χ4v) is 7.13. The number of rotatable bonds is 11. The fourth-order valence-electron chi connectivity index (χ4n) is 5.93. The largest absolute Gasteiger partial charge is 0.492 e. The number of carbonyl (C=O) groups is 1. The van der Waals surface area contributed by atoms with Crippen LogP contribution in [0.15, 0.2) is 66.7 Å². The van der Waals surface area contributed by atoms with E-state index in [0.717, 1.165) is 73.0 Å². The molecule has 0 spiro atoms. The molecule has 6 rings (SSSR count). The number of benzene rings is 3. The number of fused-ring (bicyclic) bond motifs is 1. The minimum atomic E-state index is -4.66. The molecule has 3 heterocycles. The Kier molecular flexibility index (Phi) is 9.02. The fraction of sp³-hybridized carbons (Fsp3) is 0.382. The van der Waals surface area contributed by atoms with Gasteiger partial charge in [-0.15, -0.1) is 11.3 Å². The summed E-state index contributed by atoms with van der Waals surface area (Å²) >= 11 is 1.46. The van der Waals surface area contributed by atoms with Gasteiger partial charge in [-0.2, -0.15) is 13.2 Å². The molecule has 9 heteroatoms. The number of hydrogen-bond donors (Lipinski definition) is 0. The Morgan fingerprint density at radius 1 is 0.791 bits per heavy atom. The number of nitrogens with zero attached hydrogens (tertiary/aromatic N) is 2. The number of thiophene rings is 1. The van der Waals surface area contributed by atoms with Crippen molar-refractivity contribution in [2.75, 3.05) is 52.5 Å². The highest BCUT2D eigenvalue weighted by atomic mass is 32.1. The van der Waals surface area contributed by atoms with Crippen molar-refractivity contribution in [2.24, 2.45) is 0 Å². The van der Waals surface area contributed by atoms with Crippen LogP contribution in [0.3, 0.4) is 0 Å². The second kappa shape index (κ2) is 13.1. The molecule has 2 aliphatic heterocycles. The van der Waals surface area contributed by atoms with Crippen LogP contribution in [0, 0.1) is 0 Å². The standard InChI is InChI=1S/C34H35F3N2O3S/c35-34(36,37)28-23-25(11-14-29(28)42-22-20-39-17-5-6-18-39)32(40)31-27-7-1-2-8-30(27)43-33(31)24-9-12-26(13-10-24)41-21-19-38-15-3-4-16-38/h1-2,7-14,23H,3-6,15-22H2. The smallest absolute Gasteiger partial charge is 0.419 e. The molecule has 0 bridgehead atoms. The van der Waals surface area contributed by atoms with Crippen LogP contribution in [0.2, 0.25) is 0 Å². The van der Waals surface area contributed by atoms with E-state index in [1.165, 1.54) is 36.3 Å². The predicted octanol–water partition coefficient (Wildman–Crippen LogP) is 7.77. The van der Waals surface area contributed by atoms with Crippen molar-refractivity contribution in [1.82, 2.24) is 9.80 Å². The monoisotopic (exact) mass is 608 g/mol. The second-order valence-corrected chi connectivity index (χ2v) is 12.2. The molecule has 0 atom stereocenters. The topological polar surface area (TPSA) is 42.0 Å². The van der Waals surface area contributed by atoms with E-state index in [1.807, 2.05) is 48.5 Å². The first-order chi connectivity index (χ1) is 20.9. The van der Waals surface area contributed by atoms with Crippen LogP contribution in [0.1, 0.15) is 47.2 Å². The molecule has 0 saturated carbocycles. The van der Waals surface area contributed by atoms with Crippen LogP contribution in [-0.2, 0) is 6.18 Å². The lowest BCUT2D eigenvalue weighted by Gasteiger charge is -2.18. The first kappa shape index (κ1) is 29.7. The molecule has 0 radical (unpaired) electrons. The van der Waals surface area contributed by atoms with Gasteiger partial charge in [0.1, 0.15) is 24.7 Å². The summed E-state index contributed by atoms with van der Waals surface area (Å²) in [6, 6.07) is 18.7. The van der Waals surface area contributed by atoms with Crippen LogP contribution >= 0.6 is 11.3 Å². The number of likely N-dealkylation sites (tertiary alicyclic amines) is 2. The van der Waals surface area contributed by atoms with E-state index in [9.17, 15) is 18.0 Å². The molecule has 2 saturated heterocycles. The van der Waals surface area contributed by atoms with E-state index in [-0.39, 0.29) is 17.9 Å². The Morgan fingerprint density at radius 2 is 1.42 bits per heavy atom. The van der Waals surface area contributed by atoms with Crippen molar-refractivity contribution in [1.29, 1.82) is 0 Å². The third-order valence-electron chi connectivity index (χ3n) is 8.22. The maximum atomic E-state index is 14.2. The lowest BCUT2D eigenvalue weighted by atomic mass is 9.96. The highest BCUT2D eigenvalue weighted by Crippen LogP contribution is 2.42. The highest BCUT2D eigenvalue weighted by Gasteiger charge is 2.36. The minimum Gasteiger partial charge on any atom is -0.492 e. The zero-order valence-electron chi connectivity index (χ0n) is 24.0. The summed E-state index contributed by atoms with van der Waals surface area (Å²) in [6.45, 7) is 6.33. The summed E-state index contributed by atoms with van der Waals surface area (Å²) in [5, 5.41) is 0.720. The summed E-state index contributed by atoms with van der Waals surface area (Å²) in [6.07, 6.45) is 0.00311. The number of ether oxygens (including phenoxy) is 2. The van der Waals surface area contributed by atoms with Gasteiger partial charge in [-0.25, -0.2) is 0 Å². The molecular formula is C34H35F3N2O3S. The van der Waals surface area contributed by atoms with Crippen molar-refractivity contribution in [2.45, 2.75) is 31.9 Å². The highest BCUT2D eigenvalue weighted by molar-refractivity contribution is 7.22. The molecule has 2 aliphatic rings. The normalized spacial score (nSPS) is 16.3. The predicted molar refractivity (Wildman–Crippen MR) is 164 cm³/mol. The van der Waals surface area contributed by atoms with E-state index < -0.39 is 17.5 Å². The summed E-state index contributed by atoms with van der Waals surface area (Å²) < 4.78 is 54.9. The third kappa shape index (κ3) is 6.89. The molecule has 0 amide bonds. The molecular weight excluding hydrogens is 573 g/mol. The van der Waals surface area contributed by atoms with Crippen molar-refractivity contribution < 1.29 is 27.4 Å². The van der Waals surface area contributed by atoms with Crippen LogP contribution in [0.4, 0.5) is 13.2 Å². The molecule has 2 fully saturated rings. The minimum absolute atomic E-state index is 0.0223. The van der Waals surface area contributed by atoms with Gasteiger partial charge in [0, 0.05) is 39.2 Å². The maximum absolute atomic E-state index is 14.2. The van der Waals surface area contributed by atoms with Crippen molar-refractivity contribution in [3.63, 3.8) is 0 Å². The molecule has 5 nitrogen and oxygen atoms in total. The molecule has 43 heavy (non-hydrogen) atoms. The van der Waals surface area contributed by atoms with Gasteiger partial charge in [0.25, 0.3) is 0 Å². The molecule has 3 aromatic carbocycles. The molecule has 4 aromatic rings. The van der Waals surface area contributed by atoms with Crippen LogP contribution in [0.5, 0.6) is 11.5 Å².